The maximum atomic E-state index is 11.8. The number of thioether (sulfide) groups is 1. The summed E-state index contributed by atoms with van der Waals surface area (Å²) in [6.45, 7) is 0. The van der Waals surface area contributed by atoms with Crippen LogP contribution in [0.25, 0.3) is 0 Å². The first kappa shape index (κ1) is 13.8. The van der Waals surface area contributed by atoms with Gasteiger partial charge in [0.2, 0.25) is 5.91 Å². The minimum absolute atomic E-state index is 0.0348. The van der Waals surface area contributed by atoms with Crippen LogP contribution < -0.4 is 5.32 Å². The topological polar surface area (TPSA) is 46.9 Å². The molecule has 1 amide bonds. The first-order valence-corrected chi connectivity index (χ1v) is 7.75. The lowest BCUT2D eigenvalue weighted by molar-refractivity contribution is -0.113. The van der Waals surface area contributed by atoms with E-state index in [4.69, 9.17) is 23.2 Å². The van der Waals surface area contributed by atoms with Gasteiger partial charge in [0.1, 0.15) is 5.82 Å². The van der Waals surface area contributed by atoms with Crippen molar-refractivity contribution in [3.8, 4) is 0 Å². The van der Waals surface area contributed by atoms with Crippen LogP contribution in [0.1, 0.15) is 16.4 Å². The molecule has 3 rings (SSSR count). The van der Waals surface area contributed by atoms with Gasteiger partial charge in [-0.25, -0.2) is 0 Å². The lowest BCUT2D eigenvalue weighted by atomic mass is 10.1. The van der Waals surface area contributed by atoms with Crippen LogP contribution in [0.4, 0.5) is 5.82 Å². The number of benzene rings is 1. The zero-order chi connectivity index (χ0) is 14.3. The molecule has 2 aromatic rings. The van der Waals surface area contributed by atoms with Crippen LogP contribution in [0.15, 0.2) is 24.4 Å². The Bertz CT molecular complexity index is 686. The Morgan fingerprint density at radius 1 is 1.40 bits per heavy atom. The molecule has 0 unspecified atom stereocenters. The van der Waals surface area contributed by atoms with Gasteiger partial charge in [-0.15, -0.1) is 11.8 Å². The fraction of sp³-hybridized carbons (Fsp3) is 0.231. The number of aromatic nitrogens is 2. The smallest absolute Gasteiger partial charge is 0.235 e. The summed E-state index contributed by atoms with van der Waals surface area (Å²) in [7, 11) is 1.80. The van der Waals surface area contributed by atoms with Crippen LogP contribution in [0.2, 0.25) is 10.0 Å². The van der Waals surface area contributed by atoms with E-state index in [1.807, 2.05) is 6.07 Å². The molecule has 2 heterocycles. The number of hydrogen-bond acceptors (Lipinski definition) is 3. The number of amides is 1. The van der Waals surface area contributed by atoms with E-state index in [0.717, 1.165) is 16.9 Å². The highest BCUT2D eigenvalue weighted by molar-refractivity contribution is 8.00. The number of carbonyl (C=O) groups is 1. The van der Waals surface area contributed by atoms with Crippen molar-refractivity contribution in [3.63, 3.8) is 0 Å². The predicted molar refractivity (Wildman–Crippen MR) is 82.6 cm³/mol. The third kappa shape index (κ3) is 2.41. The minimum Gasteiger partial charge on any atom is -0.310 e. The number of aryl methyl sites for hydroxylation is 1. The first-order valence-electron chi connectivity index (χ1n) is 5.94. The van der Waals surface area contributed by atoms with Gasteiger partial charge >= 0.3 is 0 Å². The molecule has 0 aliphatic carbocycles. The van der Waals surface area contributed by atoms with Gasteiger partial charge in [-0.05, 0) is 17.7 Å². The summed E-state index contributed by atoms with van der Waals surface area (Å²) in [5, 5.41) is 8.24. The normalized spacial score (nSPS) is 18.4. The van der Waals surface area contributed by atoms with Crippen molar-refractivity contribution in [2.75, 3.05) is 11.1 Å². The minimum atomic E-state index is -0.0394. The molecule has 104 valence electrons. The molecule has 0 bridgehead atoms. The van der Waals surface area contributed by atoms with Crippen molar-refractivity contribution in [1.82, 2.24) is 9.78 Å². The number of anilines is 1. The maximum Gasteiger partial charge on any atom is 0.235 e. The Labute approximate surface area is 130 Å². The van der Waals surface area contributed by atoms with E-state index in [-0.39, 0.29) is 11.2 Å². The Morgan fingerprint density at radius 2 is 2.20 bits per heavy atom. The van der Waals surface area contributed by atoms with E-state index in [1.165, 1.54) is 11.8 Å². The van der Waals surface area contributed by atoms with Crippen molar-refractivity contribution < 1.29 is 4.79 Å². The molecule has 0 spiro atoms. The monoisotopic (exact) mass is 327 g/mol. The summed E-state index contributed by atoms with van der Waals surface area (Å²) in [6.07, 6.45) is 1.77. The van der Waals surface area contributed by atoms with Crippen molar-refractivity contribution in [3.05, 3.63) is 45.6 Å². The number of nitrogens with one attached hydrogen (secondary N) is 1. The molecule has 1 aromatic heterocycles. The summed E-state index contributed by atoms with van der Waals surface area (Å²) in [4.78, 5) is 11.8. The second kappa shape index (κ2) is 5.31. The number of hydrogen-bond donors (Lipinski definition) is 1. The highest BCUT2D eigenvalue weighted by Gasteiger charge is 2.28. The van der Waals surface area contributed by atoms with Gasteiger partial charge in [-0.1, -0.05) is 29.3 Å². The Hall–Kier alpha value is -1.17. The highest BCUT2D eigenvalue weighted by Crippen LogP contribution is 2.43. The molecule has 0 fully saturated rings. The maximum absolute atomic E-state index is 11.8. The molecule has 1 aromatic carbocycles. The second-order valence-corrected chi connectivity index (χ2v) is 6.41. The van der Waals surface area contributed by atoms with E-state index in [9.17, 15) is 4.79 Å². The fourth-order valence-electron chi connectivity index (χ4n) is 2.19. The zero-order valence-electron chi connectivity index (χ0n) is 10.6. The van der Waals surface area contributed by atoms with Gasteiger partial charge < -0.3 is 5.32 Å². The number of halogens is 2. The van der Waals surface area contributed by atoms with Crippen LogP contribution in [0, 0.1) is 0 Å². The van der Waals surface area contributed by atoms with Gasteiger partial charge in [0.05, 0.1) is 17.2 Å². The molecular weight excluding hydrogens is 317 g/mol. The van der Waals surface area contributed by atoms with E-state index < -0.39 is 0 Å². The third-order valence-electron chi connectivity index (χ3n) is 3.13. The van der Waals surface area contributed by atoms with Gasteiger partial charge in [0.25, 0.3) is 0 Å². The van der Waals surface area contributed by atoms with E-state index >= 15 is 0 Å². The summed E-state index contributed by atoms with van der Waals surface area (Å²) >= 11 is 13.8. The van der Waals surface area contributed by atoms with Crippen molar-refractivity contribution in [2.24, 2.45) is 7.05 Å². The predicted octanol–water partition coefficient (Wildman–Crippen LogP) is 3.50. The molecule has 4 nitrogen and oxygen atoms in total. The quantitative estimate of drug-likeness (QED) is 0.871. The van der Waals surface area contributed by atoms with Crippen LogP contribution in [0.3, 0.4) is 0 Å². The van der Waals surface area contributed by atoms with Crippen LogP contribution in [-0.2, 0) is 11.8 Å². The summed E-state index contributed by atoms with van der Waals surface area (Å²) < 4.78 is 1.66. The Morgan fingerprint density at radius 3 is 2.95 bits per heavy atom. The second-order valence-electron chi connectivity index (χ2n) is 4.48. The number of fused-ring (bicyclic) bond motifs is 1. The van der Waals surface area contributed by atoms with Crippen LogP contribution >= 0.6 is 35.0 Å². The first-order chi connectivity index (χ1) is 9.56. The zero-order valence-corrected chi connectivity index (χ0v) is 12.9. The molecule has 1 aliphatic heterocycles. The fourth-order valence-corrected chi connectivity index (χ4v) is 3.90. The molecule has 1 N–H and O–H groups in total. The van der Waals surface area contributed by atoms with Gasteiger partial charge in [-0.3, -0.25) is 9.48 Å². The van der Waals surface area contributed by atoms with Crippen LogP contribution in [0.5, 0.6) is 0 Å². The largest absolute Gasteiger partial charge is 0.310 e. The highest BCUT2D eigenvalue weighted by atomic mass is 35.5. The Balaban J connectivity index is 2.11. The molecule has 1 atom stereocenters. The molecule has 7 heteroatoms. The number of nitrogens with zero attached hydrogens (tertiary/aromatic N) is 2. The lowest BCUT2D eigenvalue weighted by Gasteiger charge is -2.15. The van der Waals surface area contributed by atoms with Crippen molar-refractivity contribution in [2.45, 2.75) is 5.25 Å². The van der Waals surface area contributed by atoms with E-state index in [1.54, 1.807) is 30.1 Å². The molecule has 20 heavy (non-hydrogen) atoms. The van der Waals surface area contributed by atoms with Crippen LogP contribution in [-0.4, -0.2) is 21.4 Å². The third-order valence-corrected chi connectivity index (χ3v) is 4.97. The molecule has 0 radical (unpaired) electrons. The SMILES string of the molecule is Cn1ncc2c1NC(=O)CS[C@@H]2c1ccc(Cl)cc1Cl. The average molecular weight is 328 g/mol. The number of carbonyl (C=O) groups excluding carboxylic acids is 1. The van der Waals surface area contributed by atoms with Gasteiger partial charge in [0.15, 0.2) is 0 Å². The van der Waals surface area contributed by atoms with Gasteiger partial charge in [-0.2, -0.15) is 5.10 Å². The van der Waals surface area contributed by atoms with Gasteiger partial charge in [0, 0.05) is 22.7 Å². The molecule has 1 aliphatic rings. The van der Waals surface area contributed by atoms with E-state index in [2.05, 4.69) is 10.4 Å². The number of rotatable bonds is 1. The summed E-state index contributed by atoms with van der Waals surface area (Å²) in [5.74, 6) is 1.06. The van der Waals surface area contributed by atoms with Crippen molar-refractivity contribution >= 4 is 46.7 Å². The Kier molecular flexibility index (Phi) is 3.67. The molecule has 0 saturated heterocycles. The molecular formula is C13H11Cl2N3OS. The lowest BCUT2D eigenvalue weighted by Crippen LogP contribution is -2.15. The van der Waals surface area contributed by atoms with Crippen molar-refractivity contribution in [1.29, 1.82) is 0 Å². The summed E-state index contributed by atoms with van der Waals surface area (Å²) in [6, 6.07) is 5.42. The average Bonchev–Trinajstić information content (AvgIpc) is 2.65. The van der Waals surface area contributed by atoms with E-state index in [0.29, 0.717) is 15.8 Å². The summed E-state index contributed by atoms with van der Waals surface area (Å²) in [5.41, 5.74) is 1.89. The standard InChI is InChI=1S/C13H11Cl2N3OS/c1-18-13-9(5-16-18)12(20-6-11(19)17-13)8-3-2-7(14)4-10(8)15/h2-5,12H,6H2,1H3,(H,17,19)/t12-/m1/s1. The molecule has 0 saturated carbocycles.